The summed E-state index contributed by atoms with van der Waals surface area (Å²) in [6, 6.07) is 64.4. The van der Waals surface area contributed by atoms with Crippen molar-refractivity contribution in [3.8, 4) is 16.8 Å². The molecule has 1 aliphatic rings. The van der Waals surface area contributed by atoms with Crippen LogP contribution in [-0.2, 0) is 0 Å². The Morgan fingerprint density at radius 3 is 1.96 bits per heavy atom. The summed E-state index contributed by atoms with van der Waals surface area (Å²) >= 11 is 1.82. The monoisotopic (exact) mass is 748 g/mol. The molecule has 1 aliphatic heterocycles. The summed E-state index contributed by atoms with van der Waals surface area (Å²) in [5.74, 6) is 1.54. The molecule has 0 saturated heterocycles. The van der Waals surface area contributed by atoms with Gasteiger partial charge in [-0.15, -0.1) is 11.3 Å². The average molecular weight is 749 g/mol. The van der Waals surface area contributed by atoms with Crippen LogP contribution in [0.1, 0.15) is 22.9 Å². The third-order valence-corrected chi connectivity index (χ3v) is 12.4. The van der Waals surface area contributed by atoms with E-state index in [9.17, 15) is 0 Å². The molecule has 8 aromatic carbocycles. The molecule has 1 N–H and O–H groups in total. The van der Waals surface area contributed by atoms with Gasteiger partial charge in [-0.1, -0.05) is 121 Å². The maximum Gasteiger partial charge on any atom is 0.159 e. The number of thiophene rings is 1. The number of aliphatic imine (C=N–C) groups is 2. The standard InChI is InChI=1S/C51H32N4OS/c1-3-12-31(13-4-1)49-52-50(32-14-5-2-6-15-32)54-51(53-49)35-24-27-46-40(28-35)38-25-22-34(30-47(38)57-46)33-23-26-39-45(29-33)56-44-21-11-20-43(48(39)44)55-41-18-9-7-16-36(41)37-17-8-10-19-42(37)55/h1-30,49H,(H,52,53,54). The lowest BCUT2D eigenvalue weighted by Gasteiger charge is -2.23. The molecular weight excluding hydrogens is 717 g/mol. The highest BCUT2D eigenvalue weighted by Gasteiger charge is 2.22. The Hall–Kier alpha value is -7.28. The van der Waals surface area contributed by atoms with Gasteiger partial charge in [-0.2, -0.15) is 0 Å². The second-order valence-corrected chi connectivity index (χ2v) is 15.7. The predicted octanol–water partition coefficient (Wildman–Crippen LogP) is 13.2. The maximum absolute atomic E-state index is 6.62. The van der Waals surface area contributed by atoms with Crippen molar-refractivity contribution in [1.29, 1.82) is 0 Å². The zero-order valence-corrected chi connectivity index (χ0v) is 31.4. The number of fused-ring (bicyclic) bond motifs is 9. The van der Waals surface area contributed by atoms with E-state index in [1.54, 1.807) is 0 Å². The quantitative estimate of drug-likeness (QED) is 0.191. The Morgan fingerprint density at radius 2 is 1.18 bits per heavy atom. The number of furan rings is 1. The fourth-order valence-electron chi connectivity index (χ4n) is 8.58. The van der Waals surface area contributed by atoms with Crippen LogP contribution in [-0.4, -0.2) is 16.2 Å². The molecule has 0 fully saturated rings. The Bertz CT molecular complexity index is 3390. The molecule has 0 aliphatic carbocycles. The normalized spacial score (nSPS) is 14.5. The van der Waals surface area contributed by atoms with Crippen LogP contribution in [0.3, 0.4) is 0 Å². The van der Waals surface area contributed by atoms with Crippen LogP contribution in [0.5, 0.6) is 0 Å². The minimum absolute atomic E-state index is 0.240. The van der Waals surface area contributed by atoms with Crippen molar-refractivity contribution >= 4 is 86.9 Å². The van der Waals surface area contributed by atoms with Gasteiger partial charge < -0.3 is 14.3 Å². The van der Waals surface area contributed by atoms with Crippen LogP contribution < -0.4 is 5.32 Å². The minimum atomic E-state index is -0.240. The molecule has 11 aromatic rings. The van der Waals surface area contributed by atoms with Gasteiger partial charge in [0.2, 0.25) is 0 Å². The molecule has 0 amide bonds. The molecule has 0 saturated carbocycles. The summed E-state index contributed by atoms with van der Waals surface area (Å²) in [6.07, 6.45) is -0.240. The number of rotatable bonds is 5. The smallest absolute Gasteiger partial charge is 0.159 e. The first-order valence-electron chi connectivity index (χ1n) is 19.2. The number of hydrogen-bond donors (Lipinski definition) is 1. The minimum Gasteiger partial charge on any atom is -0.456 e. The number of nitrogens with zero attached hydrogens (tertiary/aromatic N) is 3. The van der Waals surface area contributed by atoms with Gasteiger partial charge in [-0.05, 0) is 77.4 Å². The van der Waals surface area contributed by atoms with E-state index in [2.05, 4.69) is 168 Å². The Labute approximate surface area is 331 Å². The van der Waals surface area contributed by atoms with Crippen LogP contribution in [0.15, 0.2) is 196 Å². The van der Waals surface area contributed by atoms with Gasteiger partial charge in [-0.25, -0.2) is 9.98 Å². The molecule has 3 aromatic heterocycles. The third kappa shape index (κ3) is 5.15. The highest BCUT2D eigenvalue weighted by Crippen LogP contribution is 2.41. The third-order valence-electron chi connectivity index (χ3n) is 11.3. The van der Waals surface area contributed by atoms with E-state index in [4.69, 9.17) is 14.4 Å². The second-order valence-electron chi connectivity index (χ2n) is 14.6. The molecule has 1 unspecified atom stereocenters. The fraction of sp³-hybridized carbons (Fsp3) is 0.0196. The van der Waals surface area contributed by atoms with E-state index in [-0.39, 0.29) is 6.17 Å². The molecule has 12 rings (SSSR count). The molecular formula is C51H32N4OS. The van der Waals surface area contributed by atoms with Crippen LogP contribution >= 0.6 is 11.3 Å². The highest BCUT2D eigenvalue weighted by atomic mass is 32.1. The van der Waals surface area contributed by atoms with E-state index in [1.165, 1.54) is 42.0 Å². The lowest BCUT2D eigenvalue weighted by Crippen LogP contribution is -2.33. The van der Waals surface area contributed by atoms with Gasteiger partial charge >= 0.3 is 0 Å². The van der Waals surface area contributed by atoms with Crippen LogP contribution in [0.4, 0.5) is 0 Å². The summed E-state index contributed by atoms with van der Waals surface area (Å²) in [5.41, 5.74) is 10.7. The Balaban J connectivity index is 0.936. The first kappa shape index (κ1) is 32.0. The number of aromatic nitrogens is 1. The van der Waals surface area contributed by atoms with Crippen LogP contribution in [0, 0.1) is 0 Å². The van der Waals surface area contributed by atoms with Crippen molar-refractivity contribution in [1.82, 2.24) is 9.88 Å². The zero-order chi connectivity index (χ0) is 37.5. The first-order chi connectivity index (χ1) is 28.2. The fourth-order valence-corrected chi connectivity index (χ4v) is 9.70. The number of benzene rings is 8. The van der Waals surface area contributed by atoms with Gasteiger partial charge in [0, 0.05) is 47.5 Å². The van der Waals surface area contributed by atoms with Crippen molar-refractivity contribution in [3.63, 3.8) is 0 Å². The SMILES string of the molecule is c1ccc(C2=NC(c3ccc4sc5cc(-c6ccc7c(c6)oc6cccc(-n8c9ccccc9c9ccccc98)c67)ccc5c4c3)=NC(c3ccccc3)N2)cc1. The molecule has 0 radical (unpaired) electrons. The van der Waals surface area contributed by atoms with E-state index in [0.29, 0.717) is 0 Å². The summed E-state index contributed by atoms with van der Waals surface area (Å²) in [4.78, 5) is 10.2. The Morgan fingerprint density at radius 1 is 0.491 bits per heavy atom. The summed E-state index contributed by atoms with van der Waals surface area (Å²) in [6.45, 7) is 0. The van der Waals surface area contributed by atoms with E-state index in [1.807, 2.05) is 35.6 Å². The number of para-hydroxylation sites is 2. The highest BCUT2D eigenvalue weighted by molar-refractivity contribution is 7.25. The largest absolute Gasteiger partial charge is 0.456 e. The predicted molar refractivity (Wildman–Crippen MR) is 238 cm³/mol. The Kier molecular flexibility index (Phi) is 7.09. The second kappa shape index (κ2) is 12.6. The summed E-state index contributed by atoms with van der Waals surface area (Å²) < 4.78 is 11.5. The summed E-state index contributed by atoms with van der Waals surface area (Å²) in [7, 11) is 0. The molecule has 268 valence electrons. The van der Waals surface area contributed by atoms with Gasteiger partial charge in [-0.3, -0.25) is 0 Å². The molecule has 0 spiro atoms. The topological polar surface area (TPSA) is 54.8 Å². The zero-order valence-electron chi connectivity index (χ0n) is 30.6. The van der Waals surface area contributed by atoms with Gasteiger partial charge in [0.15, 0.2) is 5.84 Å². The lowest BCUT2D eigenvalue weighted by atomic mass is 10.0. The van der Waals surface area contributed by atoms with Gasteiger partial charge in [0.05, 0.1) is 22.1 Å². The van der Waals surface area contributed by atoms with Gasteiger partial charge in [0.25, 0.3) is 0 Å². The molecule has 57 heavy (non-hydrogen) atoms. The lowest BCUT2D eigenvalue weighted by molar-refractivity contribution is 0.669. The van der Waals surface area contributed by atoms with Crippen LogP contribution in [0.25, 0.3) is 80.7 Å². The molecule has 6 heteroatoms. The van der Waals surface area contributed by atoms with E-state index < -0.39 is 0 Å². The van der Waals surface area contributed by atoms with Crippen molar-refractivity contribution in [2.75, 3.05) is 0 Å². The number of hydrogen-bond acceptors (Lipinski definition) is 5. The van der Waals surface area contributed by atoms with Gasteiger partial charge in [0.1, 0.15) is 23.2 Å². The van der Waals surface area contributed by atoms with Crippen molar-refractivity contribution in [3.05, 3.63) is 199 Å². The molecule has 1 atom stereocenters. The average Bonchev–Trinajstić information content (AvgIpc) is 3.95. The van der Waals surface area contributed by atoms with E-state index in [0.717, 1.165) is 67.1 Å². The first-order valence-corrected chi connectivity index (χ1v) is 20.0. The van der Waals surface area contributed by atoms with Crippen molar-refractivity contribution in [2.45, 2.75) is 6.17 Å². The van der Waals surface area contributed by atoms with Crippen molar-refractivity contribution < 1.29 is 4.42 Å². The number of amidine groups is 2. The van der Waals surface area contributed by atoms with E-state index >= 15 is 0 Å². The maximum atomic E-state index is 6.62. The molecule has 5 nitrogen and oxygen atoms in total. The van der Waals surface area contributed by atoms with Crippen molar-refractivity contribution in [2.24, 2.45) is 9.98 Å². The number of nitrogens with one attached hydrogen (secondary N) is 1. The molecule has 4 heterocycles. The van der Waals surface area contributed by atoms with Crippen LogP contribution in [0.2, 0.25) is 0 Å². The summed E-state index contributed by atoms with van der Waals surface area (Å²) in [5, 5.41) is 10.7. The molecule has 0 bridgehead atoms.